The van der Waals surface area contributed by atoms with Crippen molar-refractivity contribution in [2.24, 2.45) is 13.0 Å². The standard InChI is InChI=1S/C14H24N4O/c1-12(19)15-6-5-13-4-3-7-18(10-13)11-14-8-16-17(2)9-14/h8-9,13H,3-7,10-11H2,1-2H3,(H,15,19). The summed E-state index contributed by atoms with van der Waals surface area (Å²) in [5.74, 6) is 0.778. The van der Waals surface area contributed by atoms with E-state index in [-0.39, 0.29) is 5.91 Å². The first-order valence-electron chi connectivity index (χ1n) is 7.08. The van der Waals surface area contributed by atoms with Crippen LogP contribution in [0.25, 0.3) is 0 Å². The van der Waals surface area contributed by atoms with Crippen molar-refractivity contribution in [2.45, 2.75) is 32.7 Å². The van der Waals surface area contributed by atoms with Crippen molar-refractivity contribution in [1.29, 1.82) is 0 Å². The van der Waals surface area contributed by atoms with E-state index in [1.165, 1.54) is 24.9 Å². The van der Waals surface area contributed by atoms with Crippen LogP contribution in [-0.2, 0) is 18.4 Å². The number of hydrogen-bond acceptors (Lipinski definition) is 3. The number of nitrogens with one attached hydrogen (secondary N) is 1. The highest BCUT2D eigenvalue weighted by Crippen LogP contribution is 2.20. The third-order valence-electron chi connectivity index (χ3n) is 3.69. The average molecular weight is 264 g/mol. The van der Waals surface area contributed by atoms with Crippen LogP contribution in [0, 0.1) is 5.92 Å². The van der Waals surface area contributed by atoms with E-state index in [1.807, 2.05) is 17.9 Å². The van der Waals surface area contributed by atoms with Gasteiger partial charge in [-0.2, -0.15) is 5.10 Å². The van der Waals surface area contributed by atoms with E-state index < -0.39 is 0 Å². The highest BCUT2D eigenvalue weighted by atomic mass is 16.1. The smallest absolute Gasteiger partial charge is 0.216 e. The fraction of sp³-hybridized carbons (Fsp3) is 0.714. The maximum Gasteiger partial charge on any atom is 0.216 e. The van der Waals surface area contributed by atoms with Crippen LogP contribution in [0.15, 0.2) is 12.4 Å². The van der Waals surface area contributed by atoms with Crippen LogP contribution in [-0.4, -0.2) is 40.2 Å². The van der Waals surface area contributed by atoms with Crippen molar-refractivity contribution in [1.82, 2.24) is 20.0 Å². The van der Waals surface area contributed by atoms with Crippen molar-refractivity contribution < 1.29 is 4.79 Å². The van der Waals surface area contributed by atoms with Gasteiger partial charge in [0.05, 0.1) is 6.20 Å². The Hall–Kier alpha value is -1.36. The van der Waals surface area contributed by atoms with Gasteiger partial charge in [0.25, 0.3) is 0 Å². The highest BCUT2D eigenvalue weighted by Gasteiger charge is 2.19. The zero-order valence-electron chi connectivity index (χ0n) is 11.9. The van der Waals surface area contributed by atoms with Gasteiger partial charge in [0.2, 0.25) is 5.91 Å². The Morgan fingerprint density at radius 3 is 3.11 bits per heavy atom. The molecule has 2 rings (SSSR count). The quantitative estimate of drug-likeness (QED) is 0.868. The SMILES string of the molecule is CC(=O)NCCC1CCCN(Cc2cnn(C)c2)C1. The Morgan fingerprint density at radius 1 is 1.58 bits per heavy atom. The van der Waals surface area contributed by atoms with E-state index in [0.29, 0.717) is 5.92 Å². The highest BCUT2D eigenvalue weighted by molar-refractivity contribution is 5.72. The maximum absolute atomic E-state index is 10.9. The summed E-state index contributed by atoms with van der Waals surface area (Å²) < 4.78 is 1.85. The van der Waals surface area contributed by atoms with Gasteiger partial charge in [-0.05, 0) is 31.7 Å². The summed E-state index contributed by atoms with van der Waals surface area (Å²) in [4.78, 5) is 13.4. The molecule has 0 aliphatic carbocycles. The van der Waals surface area contributed by atoms with Gasteiger partial charge in [0, 0.05) is 45.4 Å². The minimum atomic E-state index is 0.0722. The molecule has 2 heterocycles. The molecule has 1 fully saturated rings. The molecule has 0 radical (unpaired) electrons. The molecule has 5 heteroatoms. The summed E-state index contributed by atoms with van der Waals surface area (Å²) in [6.07, 6.45) is 7.65. The molecule has 5 nitrogen and oxygen atoms in total. The van der Waals surface area contributed by atoms with Gasteiger partial charge in [-0.15, -0.1) is 0 Å². The third kappa shape index (κ3) is 4.67. The van der Waals surface area contributed by atoms with Crippen molar-refractivity contribution >= 4 is 5.91 Å². The summed E-state index contributed by atoms with van der Waals surface area (Å²) >= 11 is 0. The number of aryl methyl sites for hydroxylation is 1. The first-order chi connectivity index (χ1) is 9.13. The fourth-order valence-corrected chi connectivity index (χ4v) is 2.79. The molecule has 0 saturated carbocycles. The maximum atomic E-state index is 10.9. The Bertz CT molecular complexity index is 415. The monoisotopic (exact) mass is 264 g/mol. The van der Waals surface area contributed by atoms with Gasteiger partial charge in [-0.3, -0.25) is 14.4 Å². The molecule has 1 aliphatic heterocycles. The average Bonchev–Trinajstić information content (AvgIpc) is 2.75. The topological polar surface area (TPSA) is 50.2 Å². The third-order valence-corrected chi connectivity index (χ3v) is 3.69. The molecule has 1 amide bonds. The molecule has 1 aromatic rings. The normalized spacial score (nSPS) is 20.4. The predicted molar refractivity (Wildman–Crippen MR) is 74.5 cm³/mol. The van der Waals surface area contributed by atoms with Crippen LogP contribution >= 0.6 is 0 Å². The molecule has 19 heavy (non-hydrogen) atoms. The fourth-order valence-electron chi connectivity index (χ4n) is 2.79. The number of carbonyl (C=O) groups excluding carboxylic acids is 1. The summed E-state index contributed by atoms with van der Waals surface area (Å²) in [5, 5.41) is 7.10. The van der Waals surface area contributed by atoms with E-state index in [2.05, 4.69) is 21.5 Å². The van der Waals surface area contributed by atoms with Gasteiger partial charge in [0.15, 0.2) is 0 Å². The molecule has 1 aliphatic rings. The zero-order valence-corrected chi connectivity index (χ0v) is 11.9. The van der Waals surface area contributed by atoms with E-state index in [1.54, 1.807) is 6.92 Å². The largest absolute Gasteiger partial charge is 0.356 e. The van der Waals surface area contributed by atoms with Crippen LogP contribution in [0.1, 0.15) is 31.7 Å². The van der Waals surface area contributed by atoms with Crippen LogP contribution in [0.5, 0.6) is 0 Å². The molecule has 1 saturated heterocycles. The van der Waals surface area contributed by atoms with Gasteiger partial charge >= 0.3 is 0 Å². The van der Waals surface area contributed by atoms with Gasteiger partial charge in [-0.25, -0.2) is 0 Å². The number of nitrogens with zero attached hydrogens (tertiary/aromatic N) is 3. The lowest BCUT2D eigenvalue weighted by Gasteiger charge is -2.32. The van der Waals surface area contributed by atoms with Crippen LogP contribution < -0.4 is 5.32 Å². The van der Waals surface area contributed by atoms with Crippen molar-refractivity contribution in [3.05, 3.63) is 18.0 Å². The summed E-state index contributed by atoms with van der Waals surface area (Å²) in [6.45, 7) is 5.68. The number of likely N-dealkylation sites (tertiary alicyclic amines) is 1. The van der Waals surface area contributed by atoms with E-state index in [0.717, 1.165) is 26.1 Å². The number of rotatable bonds is 5. The lowest BCUT2D eigenvalue weighted by molar-refractivity contribution is -0.119. The second-order valence-electron chi connectivity index (χ2n) is 5.54. The number of carbonyl (C=O) groups is 1. The second kappa shape index (κ2) is 6.70. The summed E-state index contributed by atoms with van der Waals surface area (Å²) in [7, 11) is 1.95. The molecule has 1 N–H and O–H groups in total. The van der Waals surface area contributed by atoms with Crippen molar-refractivity contribution in [3.8, 4) is 0 Å². The first-order valence-corrected chi connectivity index (χ1v) is 7.08. The van der Waals surface area contributed by atoms with Gasteiger partial charge in [0.1, 0.15) is 0 Å². The Morgan fingerprint density at radius 2 is 2.42 bits per heavy atom. The molecule has 0 bridgehead atoms. The predicted octanol–water partition coefficient (Wildman–Crippen LogP) is 1.16. The summed E-state index contributed by atoms with van der Waals surface area (Å²) in [5.41, 5.74) is 1.28. The lowest BCUT2D eigenvalue weighted by Crippen LogP contribution is -2.36. The Kier molecular flexibility index (Phi) is 4.96. The van der Waals surface area contributed by atoms with Crippen molar-refractivity contribution in [3.63, 3.8) is 0 Å². The van der Waals surface area contributed by atoms with Gasteiger partial charge in [-0.1, -0.05) is 0 Å². The van der Waals surface area contributed by atoms with Crippen LogP contribution in [0.2, 0.25) is 0 Å². The van der Waals surface area contributed by atoms with Crippen molar-refractivity contribution in [2.75, 3.05) is 19.6 Å². The van der Waals surface area contributed by atoms with Crippen LogP contribution in [0.4, 0.5) is 0 Å². The minimum absolute atomic E-state index is 0.0722. The number of aromatic nitrogens is 2. The molecule has 106 valence electrons. The lowest BCUT2D eigenvalue weighted by atomic mass is 9.94. The van der Waals surface area contributed by atoms with E-state index in [4.69, 9.17) is 0 Å². The minimum Gasteiger partial charge on any atom is -0.356 e. The molecular formula is C14H24N4O. The number of amides is 1. The first kappa shape index (κ1) is 14.1. The van der Waals surface area contributed by atoms with E-state index >= 15 is 0 Å². The molecule has 1 unspecified atom stereocenters. The van der Waals surface area contributed by atoms with Crippen LogP contribution in [0.3, 0.4) is 0 Å². The second-order valence-corrected chi connectivity index (χ2v) is 5.54. The number of piperidine rings is 1. The molecular weight excluding hydrogens is 240 g/mol. The Labute approximate surface area is 115 Å². The molecule has 0 spiro atoms. The molecule has 1 aromatic heterocycles. The Balaban J connectivity index is 1.75. The molecule has 1 atom stereocenters. The summed E-state index contributed by atoms with van der Waals surface area (Å²) in [6, 6.07) is 0. The molecule has 0 aromatic carbocycles. The zero-order chi connectivity index (χ0) is 13.7. The van der Waals surface area contributed by atoms with E-state index in [9.17, 15) is 4.79 Å². The number of hydrogen-bond donors (Lipinski definition) is 1. The van der Waals surface area contributed by atoms with Gasteiger partial charge < -0.3 is 5.32 Å².